The number of rotatable bonds is 5. The number of carbonyl (C=O) groups excluding carboxylic acids is 1. The van der Waals surface area contributed by atoms with Gasteiger partial charge in [-0.2, -0.15) is 0 Å². The zero-order valence-electron chi connectivity index (χ0n) is 14.2. The molecule has 4 nitrogen and oxygen atoms in total. The van der Waals surface area contributed by atoms with Crippen molar-refractivity contribution in [1.82, 2.24) is 10.3 Å². The second-order valence-corrected chi connectivity index (χ2v) is 8.63. The highest BCUT2D eigenvalue weighted by Gasteiger charge is 2.52. The number of pyridine rings is 1. The second-order valence-electron chi connectivity index (χ2n) is 8.27. The first kappa shape index (κ1) is 16.3. The Hall–Kier alpha value is -1.13. The summed E-state index contributed by atoms with van der Waals surface area (Å²) in [5.74, 6) is 2.75. The van der Waals surface area contributed by atoms with E-state index in [-0.39, 0.29) is 5.91 Å². The van der Waals surface area contributed by atoms with E-state index in [0.717, 1.165) is 17.8 Å². The highest BCUT2D eigenvalue weighted by atomic mass is 35.5. The number of nitrogens with zero attached hydrogens (tertiary/aromatic N) is 1. The maximum Gasteiger partial charge on any atom is 0.238 e. The van der Waals surface area contributed by atoms with Crippen molar-refractivity contribution in [3.05, 3.63) is 23.5 Å². The number of hydrogen-bond acceptors (Lipinski definition) is 3. The van der Waals surface area contributed by atoms with Gasteiger partial charge in [-0.25, -0.2) is 4.98 Å². The molecule has 0 spiro atoms. The van der Waals surface area contributed by atoms with E-state index in [0.29, 0.717) is 28.8 Å². The molecule has 1 aromatic rings. The van der Waals surface area contributed by atoms with Crippen molar-refractivity contribution >= 4 is 23.2 Å². The molecule has 1 atom stereocenters. The van der Waals surface area contributed by atoms with Gasteiger partial charge in [0, 0.05) is 12.2 Å². The lowest BCUT2D eigenvalue weighted by molar-refractivity contribution is -0.116. The standard InChI is InChI=1S/C19H26ClN3O/c1-12(19-8-13-5-14(9-19)7-15(6-13)10-19)22-11-17(24)23-16-3-2-4-21-18(16)20/h2-4,12-15,22H,5-11H2,1H3,(H,23,24)/t12-,13?,14?,15?,19?/m0/s1. The molecule has 1 amide bonds. The number of halogens is 1. The molecule has 4 bridgehead atoms. The van der Waals surface area contributed by atoms with Gasteiger partial charge in [-0.05, 0) is 80.8 Å². The van der Waals surface area contributed by atoms with Gasteiger partial charge in [0.1, 0.15) is 0 Å². The maximum absolute atomic E-state index is 12.2. The summed E-state index contributed by atoms with van der Waals surface area (Å²) in [4.78, 5) is 16.2. The first-order valence-electron chi connectivity index (χ1n) is 9.18. The fraction of sp³-hybridized carbons (Fsp3) is 0.684. The summed E-state index contributed by atoms with van der Waals surface area (Å²) >= 11 is 6.00. The molecule has 1 aromatic heterocycles. The van der Waals surface area contributed by atoms with Crippen LogP contribution in [0.15, 0.2) is 18.3 Å². The number of aromatic nitrogens is 1. The molecule has 0 unspecified atom stereocenters. The Balaban J connectivity index is 1.34. The maximum atomic E-state index is 12.2. The third-order valence-corrected chi connectivity index (χ3v) is 6.91. The minimum Gasteiger partial charge on any atom is -0.322 e. The highest BCUT2D eigenvalue weighted by Crippen LogP contribution is 2.61. The smallest absolute Gasteiger partial charge is 0.238 e. The van der Waals surface area contributed by atoms with Crippen LogP contribution in [0.1, 0.15) is 45.4 Å². The summed E-state index contributed by atoms with van der Waals surface area (Å²) in [6.07, 6.45) is 10.0. The molecule has 0 radical (unpaired) electrons. The lowest BCUT2D eigenvalue weighted by Crippen LogP contribution is -2.55. The van der Waals surface area contributed by atoms with E-state index in [1.54, 1.807) is 18.3 Å². The van der Waals surface area contributed by atoms with Crippen LogP contribution < -0.4 is 10.6 Å². The zero-order valence-corrected chi connectivity index (χ0v) is 15.0. The minimum atomic E-state index is -0.0542. The van der Waals surface area contributed by atoms with Gasteiger partial charge in [-0.3, -0.25) is 4.79 Å². The molecule has 0 aromatic carbocycles. The van der Waals surface area contributed by atoms with Gasteiger partial charge in [0.05, 0.1) is 12.2 Å². The molecule has 2 N–H and O–H groups in total. The molecule has 24 heavy (non-hydrogen) atoms. The summed E-state index contributed by atoms with van der Waals surface area (Å²) in [7, 11) is 0. The topological polar surface area (TPSA) is 54.0 Å². The lowest BCUT2D eigenvalue weighted by Gasteiger charge is -2.59. The van der Waals surface area contributed by atoms with E-state index in [2.05, 4.69) is 22.5 Å². The SMILES string of the molecule is C[C@H](NCC(=O)Nc1cccnc1Cl)C12CC3CC(CC(C3)C1)C2. The average molecular weight is 348 g/mol. The van der Waals surface area contributed by atoms with E-state index in [1.165, 1.54) is 38.5 Å². The number of nitrogens with one attached hydrogen (secondary N) is 2. The van der Waals surface area contributed by atoms with Crippen molar-refractivity contribution in [2.24, 2.45) is 23.2 Å². The molecule has 5 heteroatoms. The van der Waals surface area contributed by atoms with E-state index in [1.807, 2.05) is 0 Å². The molecular weight excluding hydrogens is 322 g/mol. The Morgan fingerprint density at radius 2 is 1.92 bits per heavy atom. The minimum absolute atomic E-state index is 0.0542. The normalized spacial score (nSPS) is 35.0. The van der Waals surface area contributed by atoms with Crippen molar-refractivity contribution in [1.29, 1.82) is 0 Å². The number of carbonyl (C=O) groups is 1. The van der Waals surface area contributed by atoms with Gasteiger partial charge in [-0.15, -0.1) is 0 Å². The van der Waals surface area contributed by atoms with Crippen LogP contribution in [-0.2, 0) is 4.79 Å². The van der Waals surface area contributed by atoms with Crippen molar-refractivity contribution in [2.75, 3.05) is 11.9 Å². The van der Waals surface area contributed by atoms with Crippen LogP contribution in [0.2, 0.25) is 5.15 Å². The Morgan fingerprint density at radius 1 is 1.29 bits per heavy atom. The Morgan fingerprint density at radius 3 is 2.50 bits per heavy atom. The quantitative estimate of drug-likeness (QED) is 0.795. The van der Waals surface area contributed by atoms with Crippen LogP contribution in [0.25, 0.3) is 0 Å². The van der Waals surface area contributed by atoms with Crippen molar-refractivity contribution in [3.63, 3.8) is 0 Å². The number of amides is 1. The Kier molecular flexibility index (Phi) is 4.29. The number of hydrogen-bond donors (Lipinski definition) is 2. The molecule has 130 valence electrons. The van der Waals surface area contributed by atoms with Gasteiger partial charge < -0.3 is 10.6 Å². The first-order chi connectivity index (χ1) is 11.5. The molecule has 0 saturated heterocycles. The third-order valence-electron chi connectivity index (χ3n) is 6.61. The molecule has 4 fully saturated rings. The van der Waals surface area contributed by atoms with Gasteiger partial charge in [0.15, 0.2) is 5.15 Å². The average Bonchev–Trinajstić information content (AvgIpc) is 2.53. The summed E-state index contributed by atoms with van der Waals surface area (Å²) in [6.45, 7) is 2.60. The van der Waals surface area contributed by atoms with Crippen LogP contribution >= 0.6 is 11.6 Å². The first-order valence-corrected chi connectivity index (χ1v) is 9.55. The molecule has 4 aliphatic rings. The summed E-state index contributed by atoms with van der Waals surface area (Å²) < 4.78 is 0. The lowest BCUT2D eigenvalue weighted by atomic mass is 9.48. The zero-order chi connectivity index (χ0) is 16.7. The molecular formula is C19H26ClN3O. The van der Waals surface area contributed by atoms with Crippen LogP contribution in [0.3, 0.4) is 0 Å². The van der Waals surface area contributed by atoms with Crippen LogP contribution in [0.5, 0.6) is 0 Å². The summed E-state index contributed by atoms with van der Waals surface area (Å²) in [6, 6.07) is 3.93. The van der Waals surface area contributed by atoms with E-state index in [9.17, 15) is 4.79 Å². The van der Waals surface area contributed by atoms with Crippen molar-refractivity contribution in [2.45, 2.75) is 51.5 Å². The third kappa shape index (κ3) is 3.06. The van der Waals surface area contributed by atoms with Gasteiger partial charge >= 0.3 is 0 Å². The fourth-order valence-electron chi connectivity index (χ4n) is 5.84. The largest absolute Gasteiger partial charge is 0.322 e. The van der Waals surface area contributed by atoms with E-state index < -0.39 is 0 Å². The highest BCUT2D eigenvalue weighted by molar-refractivity contribution is 6.32. The van der Waals surface area contributed by atoms with Crippen molar-refractivity contribution in [3.8, 4) is 0 Å². The molecule has 1 heterocycles. The molecule has 4 saturated carbocycles. The predicted octanol–water partition coefficient (Wildman–Crippen LogP) is 3.87. The second kappa shape index (κ2) is 6.30. The summed E-state index contributed by atoms with van der Waals surface area (Å²) in [5, 5.41) is 6.68. The van der Waals surface area contributed by atoms with Crippen LogP contribution in [0.4, 0.5) is 5.69 Å². The molecule has 0 aliphatic heterocycles. The van der Waals surface area contributed by atoms with Gasteiger partial charge in [0.25, 0.3) is 0 Å². The Bertz CT molecular complexity index is 598. The fourth-order valence-corrected chi connectivity index (χ4v) is 6.01. The van der Waals surface area contributed by atoms with Crippen molar-refractivity contribution < 1.29 is 4.79 Å². The van der Waals surface area contributed by atoms with E-state index in [4.69, 9.17) is 11.6 Å². The predicted molar refractivity (Wildman–Crippen MR) is 95.9 cm³/mol. The van der Waals surface area contributed by atoms with Crippen LogP contribution in [-0.4, -0.2) is 23.5 Å². The molecule has 4 aliphatic carbocycles. The van der Waals surface area contributed by atoms with Gasteiger partial charge in [-0.1, -0.05) is 11.6 Å². The monoisotopic (exact) mass is 347 g/mol. The number of anilines is 1. The van der Waals surface area contributed by atoms with Crippen LogP contribution in [0, 0.1) is 23.2 Å². The Labute approximate surface area is 148 Å². The van der Waals surface area contributed by atoms with Gasteiger partial charge in [0.2, 0.25) is 5.91 Å². The van der Waals surface area contributed by atoms with E-state index >= 15 is 0 Å². The summed E-state index contributed by atoms with van der Waals surface area (Å²) in [5.41, 5.74) is 0.995. The molecule has 5 rings (SSSR count).